The third-order valence-electron chi connectivity index (χ3n) is 10.6. The quantitative estimate of drug-likeness (QED) is 0.181. The van der Waals surface area contributed by atoms with Gasteiger partial charge < -0.3 is 0 Å². The summed E-state index contributed by atoms with van der Waals surface area (Å²) in [6.07, 6.45) is 0. The van der Waals surface area contributed by atoms with Gasteiger partial charge >= 0.3 is 0 Å². The minimum Gasteiger partial charge on any atom is -0.208 e. The highest BCUT2D eigenvalue weighted by atomic mass is 32.1. The molecule has 2 heterocycles. The van der Waals surface area contributed by atoms with Gasteiger partial charge in [0.1, 0.15) is 0 Å². The Morgan fingerprint density at radius 3 is 1.40 bits per heavy atom. The van der Waals surface area contributed by atoms with Crippen LogP contribution in [0.1, 0.15) is 25.0 Å². The Morgan fingerprint density at radius 2 is 0.808 bits per heavy atom. The molecule has 0 N–H and O–H groups in total. The van der Waals surface area contributed by atoms with E-state index in [2.05, 4.69) is 117 Å². The molecule has 0 fully saturated rings. The van der Waals surface area contributed by atoms with Crippen molar-refractivity contribution in [3.05, 3.63) is 175 Å². The standard InChI is InChI=1S/C48H33N3S/c1-48(2)41-22-10-9-17-37(41)38-28-27-34(29-42(38)48)36-19-12-21-40-39-20-11-18-35(43(39)52-44(36)40)30-23-25-33(26-24-30)47-50-45(31-13-5-3-6-14-31)49-46(51-47)32-15-7-4-8-16-32/h3-29H,1-2H3. The van der Waals surface area contributed by atoms with Crippen molar-refractivity contribution in [2.45, 2.75) is 19.3 Å². The summed E-state index contributed by atoms with van der Waals surface area (Å²) < 4.78 is 2.62. The summed E-state index contributed by atoms with van der Waals surface area (Å²) in [6.45, 7) is 4.70. The van der Waals surface area contributed by atoms with Crippen LogP contribution in [0.5, 0.6) is 0 Å². The number of hydrogen-bond donors (Lipinski definition) is 0. The molecule has 0 amide bonds. The SMILES string of the molecule is CC1(C)c2ccccc2-c2ccc(-c3cccc4c3sc3c(-c5ccc(-c6nc(-c7ccccc7)nc(-c7ccccc7)n6)cc5)cccc34)cc21. The predicted molar refractivity (Wildman–Crippen MR) is 217 cm³/mol. The fraction of sp³-hybridized carbons (Fsp3) is 0.0625. The van der Waals surface area contributed by atoms with Gasteiger partial charge in [0, 0.05) is 42.3 Å². The first-order valence-electron chi connectivity index (χ1n) is 17.7. The van der Waals surface area contributed by atoms with E-state index in [1.165, 1.54) is 64.7 Å². The van der Waals surface area contributed by atoms with Crippen LogP contribution in [0.4, 0.5) is 0 Å². The molecular formula is C48H33N3S. The second-order valence-corrected chi connectivity index (χ2v) is 15.0. The lowest BCUT2D eigenvalue weighted by atomic mass is 9.81. The van der Waals surface area contributed by atoms with Gasteiger partial charge in [0.05, 0.1) is 0 Å². The molecular weight excluding hydrogens is 651 g/mol. The first kappa shape index (κ1) is 30.6. The van der Waals surface area contributed by atoms with Gasteiger partial charge in [-0.25, -0.2) is 15.0 Å². The summed E-state index contributed by atoms with van der Waals surface area (Å²) in [6, 6.07) is 58.3. The highest BCUT2D eigenvalue weighted by molar-refractivity contribution is 7.26. The van der Waals surface area contributed by atoms with Crippen molar-refractivity contribution in [2.75, 3.05) is 0 Å². The van der Waals surface area contributed by atoms with Crippen LogP contribution in [-0.2, 0) is 5.41 Å². The van der Waals surface area contributed by atoms with Crippen LogP contribution >= 0.6 is 11.3 Å². The van der Waals surface area contributed by atoms with Gasteiger partial charge in [-0.3, -0.25) is 0 Å². The number of benzene rings is 7. The maximum atomic E-state index is 4.94. The fourth-order valence-corrected chi connectivity index (χ4v) is 9.25. The molecule has 0 saturated heterocycles. The van der Waals surface area contributed by atoms with Gasteiger partial charge in [0.2, 0.25) is 0 Å². The Balaban J connectivity index is 1.05. The first-order valence-corrected chi connectivity index (χ1v) is 18.5. The number of thiophene rings is 1. The summed E-state index contributed by atoms with van der Waals surface area (Å²) in [7, 11) is 0. The second-order valence-electron chi connectivity index (χ2n) is 14.0. The lowest BCUT2D eigenvalue weighted by Gasteiger charge is -2.22. The van der Waals surface area contributed by atoms with Crippen molar-refractivity contribution >= 4 is 31.5 Å². The summed E-state index contributed by atoms with van der Waals surface area (Å²) in [5, 5.41) is 2.58. The Morgan fingerprint density at radius 1 is 0.365 bits per heavy atom. The van der Waals surface area contributed by atoms with Crippen LogP contribution in [0, 0.1) is 0 Å². The lowest BCUT2D eigenvalue weighted by molar-refractivity contribution is 0.660. The third kappa shape index (κ3) is 4.90. The van der Waals surface area contributed by atoms with Crippen molar-refractivity contribution < 1.29 is 0 Å². The average molecular weight is 684 g/mol. The van der Waals surface area contributed by atoms with E-state index in [0.29, 0.717) is 17.5 Å². The van der Waals surface area contributed by atoms with E-state index in [-0.39, 0.29) is 5.41 Å². The molecule has 52 heavy (non-hydrogen) atoms. The van der Waals surface area contributed by atoms with Crippen LogP contribution < -0.4 is 0 Å². The molecule has 0 aliphatic heterocycles. The van der Waals surface area contributed by atoms with E-state index in [0.717, 1.165) is 16.7 Å². The smallest absolute Gasteiger partial charge is 0.164 e. The van der Waals surface area contributed by atoms with Gasteiger partial charge in [0.15, 0.2) is 17.5 Å². The zero-order valence-electron chi connectivity index (χ0n) is 28.8. The van der Waals surface area contributed by atoms with Gasteiger partial charge in [0.25, 0.3) is 0 Å². The molecule has 2 aromatic heterocycles. The maximum absolute atomic E-state index is 4.94. The molecule has 0 bridgehead atoms. The zero-order chi connectivity index (χ0) is 34.8. The molecule has 0 spiro atoms. The number of nitrogens with zero attached hydrogens (tertiary/aromatic N) is 3. The molecule has 0 unspecified atom stereocenters. The third-order valence-corrected chi connectivity index (χ3v) is 11.9. The minimum absolute atomic E-state index is 0.0388. The van der Waals surface area contributed by atoms with Crippen molar-refractivity contribution in [1.29, 1.82) is 0 Å². The predicted octanol–water partition coefficient (Wildman–Crippen LogP) is 12.9. The van der Waals surface area contributed by atoms with Gasteiger partial charge in [-0.15, -0.1) is 11.3 Å². The van der Waals surface area contributed by atoms with Crippen molar-refractivity contribution in [3.63, 3.8) is 0 Å². The molecule has 1 aliphatic rings. The highest BCUT2D eigenvalue weighted by Crippen LogP contribution is 2.51. The van der Waals surface area contributed by atoms with Crippen LogP contribution in [0.2, 0.25) is 0 Å². The maximum Gasteiger partial charge on any atom is 0.164 e. The van der Waals surface area contributed by atoms with Crippen molar-refractivity contribution in [1.82, 2.24) is 15.0 Å². The average Bonchev–Trinajstić information content (AvgIpc) is 3.70. The summed E-state index contributed by atoms with van der Waals surface area (Å²) >= 11 is 1.89. The normalized spacial score (nSPS) is 13.0. The molecule has 10 rings (SSSR count). The number of rotatable bonds is 5. The van der Waals surface area contributed by atoms with Crippen LogP contribution in [-0.4, -0.2) is 15.0 Å². The van der Waals surface area contributed by atoms with Crippen LogP contribution in [0.15, 0.2) is 164 Å². The monoisotopic (exact) mass is 683 g/mol. The van der Waals surface area contributed by atoms with E-state index in [9.17, 15) is 0 Å². The number of aromatic nitrogens is 3. The van der Waals surface area contributed by atoms with E-state index < -0.39 is 0 Å². The molecule has 246 valence electrons. The number of hydrogen-bond acceptors (Lipinski definition) is 4. The van der Waals surface area contributed by atoms with Crippen LogP contribution in [0.25, 0.3) is 87.7 Å². The molecule has 4 heteroatoms. The Bertz CT molecular complexity index is 2740. The fourth-order valence-electron chi connectivity index (χ4n) is 7.88. The van der Waals surface area contributed by atoms with E-state index in [1.54, 1.807) is 0 Å². The molecule has 0 saturated carbocycles. The second kappa shape index (κ2) is 11.9. The molecule has 7 aromatic carbocycles. The zero-order valence-corrected chi connectivity index (χ0v) is 29.7. The topological polar surface area (TPSA) is 38.7 Å². The summed E-state index contributed by atoms with van der Waals surface area (Å²) in [4.78, 5) is 14.7. The van der Waals surface area contributed by atoms with Gasteiger partial charge in [-0.2, -0.15) is 0 Å². The van der Waals surface area contributed by atoms with E-state index in [1.807, 2.05) is 72.0 Å². The molecule has 0 radical (unpaired) electrons. The van der Waals surface area contributed by atoms with Crippen LogP contribution in [0.3, 0.4) is 0 Å². The number of fused-ring (bicyclic) bond motifs is 6. The van der Waals surface area contributed by atoms with Gasteiger partial charge in [-0.1, -0.05) is 172 Å². The Hall–Kier alpha value is -6.23. The highest BCUT2D eigenvalue weighted by Gasteiger charge is 2.35. The largest absolute Gasteiger partial charge is 0.208 e. The van der Waals surface area contributed by atoms with E-state index in [4.69, 9.17) is 15.0 Å². The molecule has 1 aliphatic carbocycles. The van der Waals surface area contributed by atoms with Crippen molar-refractivity contribution in [2.24, 2.45) is 0 Å². The molecule has 0 atom stereocenters. The van der Waals surface area contributed by atoms with Gasteiger partial charge in [-0.05, 0) is 50.6 Å². The van der Waals surface area contributed by atoms with E-state index >= 15 is 0 Å². The lowest BCUT2D eigenvalue weighted by Crippen LogP contribution is -2.14. The summed E-state index contributed by atoms with van der Waals surface area (Å²) in [5.74, 6) is 1.98. The minimum atomic E-state index is -0.0388. The summed E-state index contributed by atoms with van der Waals surface area (Å²) in [5.41, 5.74) is 13.3. The molecule has 3 nitrogen and oxygen atoms in total. The van der Waals surface area contributed by atoms with Crippen molar-refractivity contribution in [3.8, 4) is 67.5 Å². The molecule has 9 aromatic rings. The Labute approximate surface area is 307 Å². The Kier molecular flexibility index (Phi) is 7.02. The first-order chi connectivity index (χ1) is 25.5.